The van der Waals surface area contributed by atoms with Crippen LogP contribution >= 0.6 is 24.0 Å². The highest BCUT2D eigenvalue weighted by Gasteiger charge is 2.12. The van der Waals surface area contributed by atoms with Gasteiger partial charge in [-0.15, -0.1) is 12.4 Å². The molecule has 20 heavy (non-hydrogen) atoms. The number of amides is 1. The van der Waals surface area contributed by atoms with Gasteiger partial charge in [-0.25, -0.2) is 0 Å². The van der Waals surface area contributed by atoms with Crippen molar-refractivity contribution in [2.45, 2.75) is 25.8 Å². The molecule has 114 valence electrons. The lowest BCUT2D eigenvalue weighted by atomic mass is 10.2. The number of nitrogens with one attached hydrogen (secondary N) is 1. The first kappa shape index (κ1) is 18.8. The first-order chi connectivity index (χ1) is 8.97. The van der Waals surface area contributed by atoms with Crippen molar-refractivity contribution in [3.63, 3.8) is 0 Å². The lowest BCUT2D eigenvalue weighted by Crippen LogP contribution is -2.19. The summed E-state index contributed by atoms with van der Waals surface area (Å²) in [6.45, 7) is 1.86. The SMILES string of the molecule is COc1cc(OC)c(NC(=O)CCC(C)N)cc1Cl.Cl. The highest BCUT2D eigenvalue weighted by Crippen LogP contribution is 2.35. The smallest absolute Gasteiger partial charge is 0.224 e. The molecule has 0 fully saturated rings. The Morgan fingerprint density at radius 3 is 2.45 bits per heavy atom. The molecule has 1 rings (SSSR count). The maximum atomic E-state index is 11.8. The van der Waals surface area contributed by atoms with Crippen LogP contribution in [-0.4, -0.2) is 26.2 Å². The summed E-state index contributed by atoms with van der Waals surface area (Å²) in [5.74, 6) is 0.860. The second-order valence-corrected chi connectivity index (χ2v) is 4.66. The molecule has 0 radical (unpaired) electrons. The molecule has 7 heteroatoms. The number of halogens is 2. The van der Waals surface area contributed by atoms with Crippen molar-refractivity contribution in [3.05, 3.63) is 17.2 Å². The number of hydrogen-bond donors (Lipinski definition) is 2. The number of carbonyl (C=O) groups excluding carboxylic acids is 1. The minimum atomic E-state index is -0.128. The van der Waals surface area contributed by atoms with E-state index in [9.17, 15) is 4.79 Å². The second kappa shape index (κ2) is 8.89. The Morgan fingerprint density at radius 1 is 1.35 bits per heavy atom. The maximum absolute atomic E-state index is 11.8. The van der Waals surface area contributed by atoms with Gasteiger partial charge in [-0.3, -0.25) is 4.79 Å². The summed E-state index contributed by atoms with van der Waals surface area (Å²) < 4.78 is 10.3. The Kier molecular flexibility index (Phi) is 8.37. The van der Waals surface area contributed by atoms with Crippen LogP contribution in [0.1, 0.15) is 19.8 Å². The molecule has 0 heterocycles. The van der Waals surface area contributed by atoms with Crippen LogP contribution in [-0.2, 0) is 4.79 Å². The highest BCUT2D eigenvalue weighted by atomic mass is 35.5. The number of ether oxygens (including phenoxy) is 2. The standard InChI is InChI=1S/C13H19ClN2O3.ClH/c1-8(15)4-5-13(17)16-10-6-9(14)11(18-2)7-12(10)19-3;/h6-8H,4-5,15H2,1-3H3,(H,16,17);1H. The van der Waals surface area contributed by atoms with Crippen LogP contribution < -0.4 is 20.5 Å². The van der Waals surface area contributed by atoms with Crippen molar-refractivity contribution in [2.75, 3.05) is 19.5 Å². The van der Waals surface area contributed by atoms with Gasteiger partial charge in [0, 0.05) is 18.5 Å². The molecule has 0 bridgehead atoms. The summed E-state index contributed by atoms with van der Waals surface area (Å²) in [6.07, 6.45) is 0.975. The van der Waals surface area contributed by atoms with Crippen LogP contribution in [0, 0.1) is 0 Å². The summed E-state index contributed by atoms with van der Waals surface area (Å²) in [5.41, 5.74) is 6.13. The quantitative estimate of drug-likeness (QED) is 0.844. The van der Waals surface area contributed by atoms with Crippen molar-refractivity contribution in [3.8, 4) is 11.5 Å². The monoisotopic (exact) mass is 322 g/mol. The van der Waals surface area contributed by atoms with E-state index in [1.54, 1.807) is 12.1 Å². The summed E-state index contributed by atoms with van der Waals surface area (Å²) in [4.78, 5) is 11.8. The topological polar surface area (TPSA) is 73.6 Å². The van der Waals surface area contributed by atoms with E-state index in [1.807, 2.05) is 6.92 Å². The molecule has 1 atom stereocenters. The zero-order chi connectivity index (χ0) is 14.4. The van der Waals surface area contributed by atoms with Gasteiger partial charge < -0.3 is 20.5 Å². The van der Waals surface area contributed by atoms with E-state index in [2.05, 4.69) is 5.32 Å². The van der Waals surface area contributed by atoms with Gasteiger partial charge in [0.1, 0.15) is 11.5 Å². The molecule has 0 spiro atoms. The Bertz CT molecular complexity index is 453. The van der Waals surface area contributed by atoms with Gasteiger partial charge >= 0.3 is 0 Å². The Hall–Kier alpha value is -1.17. The maximum Gasteiger partial charge on any atom is 0.224 e. The van der Waals surface area contributed by atoms with Crippen LogP contribution in [0.4, 0.5) is 5.69 Å². The van der Waals surface area contributed by atoms with Gasteiger partial charge in [0.15, 0.2) is 0 Å². The fourth-order valence-electron chi connectivity index (χ4n) is 1.53. The fourth-order valence-corrected chi connectivity index (χ4v) is 1.77. The second-order valence-electron chi connectivity index (χ2n) is 4.25. The third kappa shape index (κ3) is 5.45. The van der Waals surface area contributed by atoms with Gasteiger partial charge in [-0.05, 0) is 19.4 Å². The van der Waals surface area contributed by atoms with Gasteiger partial charge in [-0.1, -0.05) is 11.6 Å². The first-order valence-corrected chi connectivity index (χ1v) is 6.32. The third-order valence-electron chi connectivity index (χ3n) is 2.57. The predicted molar refractivity (Wildman–Crippen MR) is 83.3 cm³/mol. The fraction of sp³-hybridized carbons (Fsp3) is 0.462. The van der Waals surface area contributed by atoms with Gasteiger partial charge in [0.05, 0.1) is 24.9 Å². The number of anilines is 1. The number of rotatable bonds is 6. The summed E-state index contributed by atoms with van der Waals surface area (Å²) >= 11 is 6.02. The zero-order valence-electron chi connectivity index (χ0n) is 11.7. The number of nitrogens with two attached hydrogens (primary N) is 1. The number of benzene rings is 1. The largest absolute Gasteiger partial charge is 0.495 e. The molecule has 1 aromatic rings. The first-order valence-electron chi connectivity index (χ1n) is 5.95. The lowest BCUT2D eigenvalue weighted by Gasteiger charge is -2.13. The highest BCUT2D eigenvalue weighted by molar-refractivity contribution is 6.32. The van der Waals surface area contributed by atoms with Crippen LogP contribution in [0.15, 0.2) is 12.1 Å². The molecule has 1 aromatic carbocycles. The van der Waals surface area contributed by atoms with E-state index in [-0.39, 0.29) is 24.4 Å². The molecule has 0 aliphatic carbocycles. The molecule has 0 saturated carbocycles. The predicted octanol–water partition coefficient (Wildman–Crippen LogP) is 2.84. The van der Waals surface area contributed by atoms with Crippen molar-refractivity contribution >= 4 is 35.6 Å². The molecular formula is C13H20Cl2N2O3. The summed E-state index contributed by atoms with van der Waals surface area (Å²) in [6, 6.07) is 3.22. The van der Waals surface area contributed by atoms with Crippen molar-refractivity contribution < 1.29 is 14.3 Å². The van der Waals surface area contributed by atoms with Crippen molar-refractivity contribution in [1.29, 1.82) is 0 Å². The molecule has 0 aromatic heterocycles. The average molecular weight is 323 g/mol. The van der Waals surface area contributed by atoms with Crippen LogP contribution in [0.25, 0.3) is 0 Å². The van der Waals surface area contributed by atoms with E-state index in [1.165, 1.54) is 14.2 Å². The Morgan fingerprint density at radius 2 is 1.95 bits per heavy atom. The molecule has 1 unspecified atom stereocenters. The third-order valence-corrected chi connectivity index (χ3v) is 2.87. The van der Waals surface area contributed by atoms with E-state index in [4.69, 9.17) is 26.8 Å². The summed E-state index contributed by atoms with van der Waals surface area (Å²) in [7, 11) is 3.03. The van der Waals surface area contributed by atoms with Gasteiger partial charge in [0.2, 0.25) is 5.91 Å². The van der Waals surface area contributed by atoms with Gasteiger partial charge in [-0.2, -0.15) is 0 Å². The average Bonchev–Trinajstić information content (AvgIpc) is 2.36. The summed E-state index contributed by atoms with van der Waals surface area (Å²) in [5, 5.41) is 3.16. The molecule has 1 amide bonds. The molecule has 0 saturated heterocycles. The van der Waals surface area contributed by atoms with Crippen molar-refractivity contribution in [2.24, 2.45) is 5.73 Å². The van der Waals surface area contributed by atoms with Crippen LogP contribution in [0.2, 0.25) is 5.02 Å². The number of carbonyl (C=O) groups is 1. The van der Waals surface area contributed by atoms with Crippen LogP contribution in [0.3, 0.4) is 0 Å². The minimum absolute atomic E-state index is 0. The lowest BCUT2D eigenvalue weighted by molar-refractivity contribution is -0.116. The Balaban J connectivity index is 0.00000361. The number of hydrogen-bond acceptors (Lipinski definition) is 4. The van der Waals surface area contributed by atoms with Gasteiger partial charge in [0.25, 0.3) is 0 Å². The van der Waals surface area contributed by atoms with E-state index < -0.39 is 0 Å². The normalized spacial score (nSPS) is 11.2. The molecular weight excluding hydrogens is 303 g/mol. The minimum Gasteiger partial charge on any atom is -0.495 e. The van der Waals surface area contributed by atoms with E-state index in [0.717, 1.165) is 0 Å². The molecule has 0 aliphatic rings. The van der Waals surface area contributed by atoms with Crippen LogP contribution in [0.5, 0.6) is 11.5 Å². The number of methoxy groups -OCH3 is 2. The van der Waals surface area contributed by atoms with Crippen molar-refractivity contribution in [1.82, 2.24) is 0 Å². The molecule has 5 nitrogen and oxygen atoms in total. The Labute approximate surface area is 130 Å². The van der Waals surface area contributed by atoms with E-state index in [0.29, 0.717) is 35.1 Å². The zero-order valence-corrected chi connectivity index (χ0v) is 13.3. The van der Waals surface area contributed by atoms with E-state index >= 15 is 0 Å². The molecule has 3 N–H and O–H groups in total. The molecule has 0 aliphatic heterocycles.